The van der Waals surface area contributed by atoms with E-state index in [1.807, 2.05) is 23.9 Å². The number of aromatic nitrogens is 2. The molecule has 1 rings (SSSR count). The standard InChI is InChI=1S/C9H16N2O/c1-7-4-5-11(10-7)8(2)6-9(3)12/h4-5,8-9,12H,6H2,1-3H3. The molecular weight excluding hydrogens is 152 g/mol. The number of nitrogens with zero attached hydrogens (tertiary/aromatic N) is 2. The first kappa shape index (κ1) is 9.26. The molecule has 2 unspecified atom stereocenters. The minimum absolute atomic E-state index is 0.260. The van der Waals surface area contributed by atoms with Crippen molar-refractivity contribution in [2.45, 2.75) is 39.3 Å². The Labute approximate surface area is 73.0 Å². The minimum Gasteiger partial charge on any atom is -0.393 e. The fourth-order valence-electron chi connectivity index (χ4n) is 1.28. The van der Waals surface area contributed by atoms with E-state index in [2.05, 4.69) is 12.0 Å². The van der Waals surface area contributed by atoms with Gasteiger partial charge in [-0.2, -0.15) is 5.10 Å². The van der Waals surface area contributed by atoms with E-state index in [1.54, 1.807) is 6.92 Å². The van der Waals surface area contributed by atoms with Crippen molar-refractivity contribution in [2.24, 2.45) is 0 Å². The van der Waals surface area contributed by atoms with Gasteiger partial charge in [0.1, 0.15) is 0 Å². The third-order valence-electron chi connectivity index (χ3n) is 1.88. The van der Waals surface area contributed by atoms with Crippen LogP contribution in [0.25, 0.3) is 0 Å². The van der Waals surface area contributed by atoms with Crippen molar-refractivity contribution in [3.05, 3.63) is 18.0 Å². The second kappa shape index (κ2) is 3.72. The van der Waals surface area contributed by atoms with Crippen LogP contribution in [0.15, 0.2) is 12.3 Å². The van der Waals surface area contributed by atoms with Gasteiger partial charge in [0.25, 0.3) is 0 Å². The molecule has 1 aromatic heterocycles. The molecule has 1 N–H and O–H groups in total. The van der Waals surface area contributed by atoms with Crippen LogP contribution in [0, 0.1) is 6.92 Å². The summed E-state index contributed by atoms with van der Waals surface area (Å²) in [7, 11) is 0. The molecule has 1 aromatic rings. The second-order valence-electron chi connectivity index (χ2n) is 3.37. The van der Waals surface area contributed by atoms with Crippen LogP contribution in [0.2, 0.25) is 0 Å². The number of hydrogen-bond acceptors (Lipinski definition) is 2. The number of rotatable bonds is 3. The van der Waals surface area contributed by atoms with E-state index in [1.165, 1.54) is 0 Å². The van der Waals surface area contributed by atoms with Gasteiger partial charge in [-0.05, 0) is 33.3 Å². The molecule has 3 heteroatoms. The van der Waals surface area contributed by atoms with Crippen LogP contribution in [-0.2, 0) is 0 Å². The van der Waals surface area contributed by atoms with Crippen LogP contribution in [-0.4, -0.2) is 21.0 Å². The van der Waals surface area contributed by atoms with Crippen molar-refractivity contribution in [1.82, 2.24) is 9.78 Å². The van der Waals surface area contributed by atoms with E-state index < -0.39 is 0 Å². The lowest BCUT2D eigenvalue weighted by Gasteiger charge is -2.13. The highest BCUT2D eigenvalue weighted by molar-refractivity contribution is 4.95. The maximum absolute atomic E-state index is 9.15. The summed E-state index contributed by atoms with van der Waals surface area (Å²) in [5, 5.41) is 13.4. The summed E-state index contributed by atoms with van der Waals surface area (Å²) in [6, 6.07) is 2.25. The smallest absolute Gasteiger partial charge is 0.0593 e. The van der Waals surface area contributed by atoms with Crippen molar-refractivity contribution in [2.75, 3.05) is 0 Å². The van der Waals surface area contributed by atoms with E-state index in [4.69, 9.17) is 5.11 Å². The van der Waals surface area contributed by atoms with E-state index in [0.717, 1.165) is 12.1 Å². The highest BCUT2D eigenvalue weighted by Gasteiger charge is 2.07. The van der Waals surface area contributed by atoms with Gasteiger partial charge in [-0.1, -0.05) is 0 Å². The summed E-state index contributed by atoms with van der Waals surface area (Å²) in [5.41, 5.74) is 1.02. The molecule has 0 fully saturated rings. The monoisotopic (exact) mass is 168 g/mol. The number of aliphatic hydroxyl groups is 1. The molecule has 1 heterocycles. The van der Waals surface area contributed by atoms with Gasteiger partial charge in [0.2, 0.25) is 0 Å². The maximum atomic E-state index is 9.15. The Kier molecular flexibility index (Phi) is 2.87. The average Bonchev–Trinajstić information content (AvgIpc) is 2.34. The molecule has 0 saturated carbocycles. The Morgan fingerprint density at radius 2 is 2.25 bits per heavy atom. The topological polar surface area (TPSA) is 38.0 Å². The van der Waals surface area contributed by atoms with Crippen LogP contribution in [0.5, 0.6) is 0 Å². The molecule has 0 aromatic carbocycles. The van der Waals surface area contributed by atoms with E-state index in [0.29, 0.717) is 0 Å². The second-order valence-corrected chi connectivity index (χ2v) is 3.37. The molecule has 0 aliphatic carbocycles. The summed E-state index contributed by atoms with van der Waals surface area (Å²) in [6.45, 7) is 5.82. The molecule has 0 aliphatic rings. The fraction of sp³-hybridized carbons (Fsp3) is 0.667. The van der Waals surface area contributed by atoms with Gasteiger partial charge in [-0.3, -0.25) is 4.68 Å². The van der Waals surface area contributed by atoms with Crippen molar-refractivity contribution in [1.29, 1.82) is 0 Å². The lowest BCUT2D eigenvalue weighted by Crippen LogP contribution is -2.12. The first-order chi connectivity index (χ1) is 5.59. The van der Waals surface area contributed by atoms with Gasteiger partial charge in [-0.15, -0.1) is 0 Å². The third-order valence-corrected chi connectivity index (χ3v) is 1.88. The Balaban J connectivity index is 2.58. The molecular formula is C9H16N2O. The zero-order valence-electron chi connectivity index (χ0n) is 7.86. The maximum Gasteiger partial charge on any atom is 0.0593 e. The molecule has 0 radical (unpaired) electrons. The lowest BCUT2D eigenvalue weighted by molar-refractivity contribution is 0.162. The SMILES string of the molecule is Cc1ccn(C(C)CC(C)O)n1. The summed E-state index contributed by atoms with van der Waals surface area (Å²) in [6.07, 6.45) is 2.44. The van der Waals surface area contributed by atoms with Crippen LogP contribution >= 0.6 is 0 Å². The Hall–Kier alpha value is -0.830. The van der Waals surface area contributed by atoms with Crippen LogP contribution < -0.4 is 0 Å². The molecule has 0 spiro atoms. The average molecular weight is 168 g/mol. The highest BCUT2D eigenvalue weighted by Crippen LogP contribution is 2.11. The first-order valence-corrected chi connectivity index (χ1v) is 4.29. The molecule has 3 nitrogen and oxygen atoms in total. The van der Waals surface area contributed by atoms with Crippen LogP contribution in [0.3, 0.4) is 0 Å². The van der Waals surface area contributed by atoms with E-state index in [9.17, 15) is 0 Å². The largest absolute Gasteiger partial charge is 0.393 e. The van der Waals surface area contributed by atoms with Gasteiger partial charge in [0.05, 0.1) is 17.8 Å². The zero-order chi connectivity index (χ0) is 9.14. The van der Waals surface area contributed by atoms with Crippen molar-refractivity contribution >= 4 is 0 Å². The summed E-state index contributed by atoms with van der Waals surface area (Å²) >= 11 is 0. The van der Waals surface area contributed by atoms with Crippen molar-refractivity contribution in [3.63, 3.8) is 0 Å². The predicted octanol–water partition coefficient (Wildman–Crippen LogP) is 1.52. The van der Waals surface area contributed by atoms with Gasteiger partial charge in [-0.25, -0.2) is 0 Å². The zero-order valence-corrected chi connectivity index (χ0v) is 7.86. The molecule has 0 amide bonds. The quantitative estimate of drug-likeness (QED) is 0.743. The molecule has 2 atom stereocenters. The predicted molar refractivity (Wildman–Crippen MR) is 48.0 cm³/mol. The molecule has 0 aliphatic heterocycles. The number of aliphatic hydroxyl groups excluding tert-OH is 1. The van der Waals surface area contributed by atoms with Gasteiger partial charge < -0.3 is 5.11 Å². The van der Waals surface area contributed by atoms with Crippen molar-refractivity contribution in [3.8, 4) is 0 Å². The first-order valence-electron chi connectivity index (χ1n) is 4.29. The minimum atomic E-state index is -0.260. The Morgan fingerprint density at radius 3 is 2.67 bits per heavy atom. The van der Waals surface area contributed by atoms with Crippen LogP contribution in [0.4, 0.5) is 0 Å². The summed E-state index contributed by atoms with van der Waals surface area (Å²) < 4.78 is 1.89. The van der Waals surface area contributed by atoms with Crippen LogP contribution in [0.1, 0.15) is 32.0 Å². The van der Waals surface area contributed by atoms with E-state index in [-0.39, 0.29) is 12.1 Å². The molecule has 0 saturated heterocycles. The molecule has 68 valence electrons. The lowest BCUT2D eigenvalue weighted by atomic mass is 10.2. The third kappa shape index (κ3) is 2.34. The fourth-order valence-corrected chi connectivity index (χ4v) is 1.28. The number of hydrogen-bond donors (Lipinski definition) is 1. The normalized spacial score (nSPS) is 16.0. The number of aryl methyl sites for hydroxylation is 1. The molecule has 12 heavy (non-hydrogen) atoms. The molecule has 0 bridgehead atoms. The summed E-state index contributed by atoms with van der Waals surface area (Å²) in [5.74, 6) is 0. The van der Waals surface area contributed by atoms with Gasteiger partial charge >= 0.3 is 0 Å². The highest BCUT2D eigenvalue weighted by atomic mass is 16.3. The Bertz CT molecular complexity index is 242. The Morgan fingerprint density at radius 1 is 1.58 bits per heavy atom. The summed E-state index contributed by atoms with van der Waals surface area (Å²) in [4.78, 5) is 0. The van der Waals surface area contributed by atoms with Gasteiger partial charge in [0.15, 0.2) is 0 Å². The van der Waals surface area contributed by atoms with Gasteiger partial charge in [0, 0.05) is 6.20 Å². The van der Waals surface area contributed by atoms with E-state index >= 15 is 0 Å². The van der Waals surface area contributed by atoms with Crippen molar-refractivity contribution < 1.29 is 5.11 Å².